The van der Waals surface area contributed by atoms with Crippen LogP contribution in [0.15, 0.2) is 9.95 Å². The van der Waals surface area contributed by atoms with Crippen molar-refractivity contribution in [3.05, 3.63) is 10.5 Å². The first kappa shape index (κ1) is 13.3. The van der Waals surface area contributed by atoms with Crippen LogP contribution in [0.5, 0.6) is 0 Å². The Labute approximate surface area is 100 Å². The average Bonchev–Trinajstić information content (AvgIpc) is 2.55. The summed E-state index contributed by atoms with van der Waals surface area (Å²) >= 11 is 1.60. The molecule has 1 aromatic heterocycles. The maximum atomic E-state index is 11.2. The molecule has 0 bridgehead atoms. The molecule has 5 nitrogen and oxygen atoms in total. The Bertz CT molecular complexity index is 371. The highest BCUT2D eigenvalue weighted by Crippen LogP contribution is 2.16. The van der Waals surface area contributed by atoms with Gasteiger partial charge in [0.1, 0.15) is 0 Å². The van der Waals surface area contributed by atoms with E-state index >= 15 is 0 Å². The maximum absolute atomic E-state index is 11.2. The molecule has 16 heavy (non-hydrogen) atoms. The molecule has 0 saturated heterocycles. The number of nitrogens with zero attached hydrogens (tertiary/aromatic N) is 2. The molecule has 1 aromatic rings. The van der Waals surface area contributed by atoms with Gasteiger partial charge in [-0.15, -0.1) is 5.10 Å². The van der Waals surface area contributed by atoms with Crippen molar-refractivity contribution in [1.82, 2.24) is 20.1 Å². The lowest BCUT2D eigenvalue weighted by molar-refractivity contribution is 0.443. The fraction of sp³-hybridized carbons (Fsp3) is 0.800. The molecule has 6 heteroatoms. The number of hydrogen-bond acceptors (Lipinski definition) is 4. The van der Waals surface area contributed by atoms with Gasteiger partial charge in [0.25, 0.3) is 0 Å². The molecule has 0 saturated carbocycles. The largest absolute Gasteiger partial charge is 0.343 e. The number of thioether (sulfide) groups is 1. The van der Waals surface area contributed by atoms with Crippen LogP contribution in [0, 0.1) is 5.92 Å². The molecule has 1 rings (SSSR count). The monoisotopic (exact) mass is 244 g/mol. The van der Waals surface area contributed by atoms with Gasteiger partial charge in [-0.3, -0.25) is 4.57 Å². The summed E-state index contributed by atoms with van der Waals surface area (Å²) < 4.78 is 1.54. The normalized spacial score (nSPS) is 13.3. The molecule has 0 fully saturated rings. The highest BCUT2D eigenvalue weighted by molar-refractivity contribution is 7.99. The van der Waals surface area contributed by atoms with Gasteiger partial charge >= 0.3 is 5.69 Å². The molecule has 1 atom stereocenters. The van der Waals surface area contributed by atoms with E-state index in [1.807, 2.05) is 0 Å². The molecule has 0 aliphatic heterocycles. The van der Waals surface area contributed by atoms with Gasteiger partial charge in [0.05, 0.1) is 0 Å². The molecule has 2 N–H and O–H groups in total. The zero-order chi connectivity index (χ0) is 12.1. The van der Waals surface area contributed by atoms with Crippen LogP contribution in [0.4, 0.5) is 0 Å². The summed E-state index contributed by atoms with van der Waals surface area (Å²) in [6.45, 7) is 7.45. The van der Waals surface area contributed by atoms with Gasteiger partial charge in [-0.25, -0.2) is 9.89 Å². The van der Waals surface area contributed by atoms with E-state index in [9.17, 15) is 4.79 Å². The van der Waals surface area contributed by atoms with Crippen LogP contribution in [0.25, 0.3) is 0 Å². The fourth-order valence-electron chi connectivity index (χ4n) is 1.38. The lowest BCUT2D eigenvalue weighted by Gasteiger charge is -2.20. The van der Waals surface area contributed by atoms with E-state index in [1.54, 1.807) is 18.8 Å². The first-order valence-corrected chi connectivity index (χ1v) is 6.52. The van der Waals surface area contributed by atoms with Gasteiger partial charge in [0, 0.05) is 18.8 Å². The van der Waals surface area contributed by atoms with Crippen molar-refractivity contribution in [3.8, 4) is 0 Å². The van der Waals surface area contributed by atoms with Crippen molar-refractivity contribution in [1.29, 1.82) is 0 Å². The second-order valence-electron chi connectivity index (χ2n) is 4.09. The topological polar surface area (TPSA) is 62.7 Å². The third-order valence-corrected chi connectivity index (χ3v) is 3.65. The Kier molecular flexibility index (Phi) is 5.08. The van der Waals surface area contributed by atoms with Crippen molar-refractivity contribution in [3.63, 3.8) is 0 Å². The number of aromatic nitrogens is 3. The number of rotatable bonds is 6. The average molecular weight is 244 g/mol. The number of nitrogens with one attached hydrogen (secondary N) is 2. The van der Waals surface area contributed by atoms with E-state index in [4.69, 9.17) is 0 Å². The third kappa shape index (κ3) is 3.38. The van der Waals surface area contributed by atoms with Crippen LogP contribution in [0.2, 0.25) is 0 Å². The standard InChI is InChI=1S/C10H20N4OS/c1-5-11-8(7(2)3)6-16-10-13-12-9(15)14(10)4/h7-8,11H,5-6H2,1-4H3,(H,12,15). The summed E-state index contributed by atoms with van der Waals surface area (Å²) in [5, 5.41) is 10.6. The lowest BCUT2D eigenvalue weighted by atomic mass is 10.1. The number of aromatic amines is 1. The quantitative estimate of drug-likeness (QED) is 0.728. The van der Waals surface area contributed by atoms with Gasteiger partial charge in [-0.2, -0.15) is 0 Å². The molecule has 92 valence electrons. The van der Waals surface area contributed by atoms with E-state index in [-0.39, 0.29) is 5.69 Å². The molecule has 0 amide bonds. The second-order valence-corrected chi connectivity index (χ2v) is 5.08. The van der Waals surface area contributed by atoms with Gasteiger partial charge in [-0.05, 0) is 12.5 Å². The van der Waals surface area contributed by atoms with Crippen LogP contribution in [-0.2, 0) is 7.05 Å². The lowest BCUT2D eigenvalue weighted by Crippen LogP contribution is -2.35. The van der Waals surface area contributed by atoms with E-state index < -0.39 is 0 Å². The minimum absolute atomic E-state index is 0.160. The number of H-pyrrole nitrogens is 1. The van der Waals surface area contributed by atoms with E-state index in [0.29, 0.717) is 12.0 Å². The van der Waals surface area contributed by atoms with Crippen LogP contribution >= 0.6 is 11.8 Å². The molecule has 0 aromatic carbocycles. The van der Waals surface area contributed by atoms with Crippen LogP contribution in [-0.4, -0.2) is 33.1 Å². The van der Waals surface area contributed by atoms with Gasteiger partial charge in [0.15, 0.2) is 5.16 Å². The summed E-state index contributed by atoms with van der Waals surface area (Å²) in [6.07, 6.45) is 0. The zero-order valence-corrected chi connectivity index (χ0v) is 11.1. The maximum Gasteiger partial charge on any atom is 0.343 e. The van der Waals surface area contributed by atoms with E-state index in [2.05, 4.69) is 36.3 Å². The molecule has 0 spiro atoms. The molecule has 0 aliphatic rings. The van der Waals surface area contributed by atoms with Crippen LogP contribution in [0.1, 0.15) is 20.8 Å². The van der Waals surface area contributed by atoms with Crippen molar-refractivity contribution >= 4 is 11.8 Å². The molecule has 1 heterocycles. The number of hydrogen-bond donors (Lipinski definition) is 2. The molecule has 0 radical (unpaired) electrons. The molecular formula is C10H20N4OS. The fourth-order valence-corrected chi connectivity index (χ4v) is 2.59. The van der Waals surface area contributed by atoms with Crippen molar-refractivity contribution in [2.24, 2.45) is 13.0 Å². The van der Waals surface area contributed by atoms with E-state index in [1.165, 1.54) is 4.57 Å². The van der Waals surface area contributed by atoms with Gasteiger partial charge in [0.2, 0.25) is 0 Å². The Balaban J connectivity index is 2.55. The predicted octanol–water partition coefficient (Wildman–Crippen LogP) is 0.835. The highest BCUT2D eigenvalue weighted by Gasteiger charge is 2.14. The molecule has 1 unspecified atom stereocenters. The minimum Gasteiger partial charge on any atom is -0.313 e. The summed E-state index contributed by atoms with van der Waals surface area (Å²) in [4.78, 5) is 11.2. The Hall–Kier alpha value is -0.750. The first-order valence-electron chi connectivity index (χ1n) is 5.53. The SMILES string of the molecule is CCNC(CSc1n[nH]c(=O)n1C)C(C)C. The van der Waals surface area contributed by atoms with Gasteiger partial charge < -0.3 is 5.32 Å². The second kappa shape index (κ2) is 6.10. The van der Waals surface area contributed by atoms with Crippen LogP contribution in [0.3, 0.4) is 0 Å². The Morgan fingerprint density at radius 1 is 1.56 bits per heavy atom. The minimum atomic E-state index is -0.160. The van der Waals surface area contributed by atoms with E-state index in [0.717, 1.165) is 17.5 Å². The first-order chi connectivity index (χ1) is 7.56. The van der Waals surface area contributed by atoms with Crippen LogP contribution < -0.4 is 11.0 Å². The van der Waals surface area contributed by atoms with Crippen molar-refractivity contribution < 1.29 is 0 Å². The molecular weight excluding hydrogens is 224 g/mol. The highest BCUT2D eigenvalue weighted by atomic mass is 32.2. The molecule has 0 aliphatic carbocycles. The third-order valence-electron chi connectivity index (χ3n) is 2.50. The summed E-state index contributed by atoms with van der Waals surface area (Å²) in [6, 6.07) is 0.446. The zero-order valence-electron chi connectivity index (χ0n) is 10.3. The summed E-state index contributed by atoms with van der Waals surface area (Å²) in [5.41, 5.74) is -0.160. The Morgan fingerprint density at radius 3 is 2.69 bits per heavy atom. The van der Waals surface area contributed by atoms with Crippen molar-refractivity contribution in [2.75, 3.05) is 12.3 Å². The Morgan fingerprint density at radius 2 is 2.25 bits per heavy atom. The predicted molar refractivity (Wildman–Crippen MR) is 66.9 cm³/mol. The summed E-state index contributed by atoms with van der Waals surface area (Å²) in [7, 11) is 1.73. The van der Waals surface area contributed by atoms with Crippen molar-refractivity contribution in [2.45, 2.75) is 32.0 Å². The smallest absolute Gasteiger partial charge is 0.313 e. The van der Waals surface area contributed by atoms with Gasteiger partial charge in [-0.1, -0.05) is 32.5 Å². The summed E-state index contributed by atoms with van der Waals surface area (Å²) in [5.74, 6) is 1.49.